The summed E-state index contributed by atoms with van der Waals surface area (Å²) in [5.41, 5.74) is 6.46. The summed E-state index contributed by atoms with van der Waals surface area (Å²) in [5, 5.41) is 2.32. The molecule has 0 aliphatic rings. The molecular weight excluding hydrogens is 520 g/mol. The smallest absolute Gasteiger partial charge is 0.275 e. The SMILES string of the molecule is Cc1cc(C)c(OPOc2cccnc2)c(-c2cc(C)cc(C)c2OP(c2ccccc2)c2ccccc2)c1. The maximum Gasteiger partial charge on any atom is 0.275 e. The summed E-state index contributed by atoms with van der Waals surface area (Å²) in [6.45, 7) is 8.42. The number of hydrogen-bond acceptors (Lipinski definition) is 4. The first-order valence-corrected chi connectivity index (χ1v) is 14.9. The lowest BCUT2D eigenvalue weighted by Gasteiger charge is -2.24. The summed E-state index contributed by atoms with van der Waals surface area (Å²) in [7, 11) is -1.31. The van der Waals surface area contributed by atoms with Crippen molar-refractivity contribution >= 4 is 27.8 Å². The van der Waals surface area contributed by atoms with Gasteiger partial charge in [0.25, 0.3) is 9.03 Å². The van der Waals surface area contributed by atoms with Crippen molar-refractivity contribution < 1.29 is 13.6 Å². The Kier molecular flexibility index (Phi) is 8.57. The van der Waals surface area contributed by atoms with Crippen molar-refractivity contribution in [2.75, 3.05) is 0 Å². The van der Waals surface area contributed by atoms with Crippen molar-refractivity contribution in [3.05, 3.63) is 132 Å². The van der Waals surface area contributed by atoms with E-state index < -0.39 is 8.15 Å². The van der Waals surface area contributed by atoms with E-state index in [1.165, 1.54) is 0 Å². The van der Waals surface area contributed by atoms with Gasteiger partial charge in [0.05, 0.1) is 6.20 Å². The van der Waals surface area contributed by atoms with Crippen LogP contribution in [0.1, 0.15) is 22.3 Å². The zero-order valence-corrected chi connectivity index (χ0v) is 24.4. The van der Waals surface area contributed by atoms with Gasteiger partial charge in [-0.25, -0.2) is 0 Å². The Bertz CT molecular complexity index is 1510. The van der Waals surface area contributed by atoms with Gasteiger partial charge in [-0.2, -0.15) is 0 Å². The molecule has 1 atom stereocenters. The van der Waals surface area contributed by atoms with Gasteiger partial charge in [0.2, 0.25) is 0 Å². The Morgan fingerprint density at radius 2 is 1.18 bits per heavy atom. The third kappa shape index (κ3) is 6.48. The second kappa shape index (κ2) is 12.4. The van der Waals surface area contributed by atoms with Crippen LogP contribution in [0.5, 0.6) is 17.2 Å². The zero-order chi connectivity index (χ0) is 27.2. The van der Waals surface area contributed by atoms with Gasteiger partial charge in [-0.05, 0) is 74.2 Å². The van der Waals surface area contributed by atoms with Crippen LogP contribution in [0.3, 0.4) is 0 Å². The average Bonchev–Trinajstić information content (AvgIpc) is 2.95. The molecule has 0 fully saturated rings. The lowest BCUT2D eigenvalue weighted by atomic mass is 9.95. The van der Waals surface area contributed by atoms with Crippen LogP contribution in [0.4, 0.5) is 0 Å². The predicted octanol–water partition coefficient (Wildman–Crippen LogP) is 8.38. The minimum absolute atomic E-state index is 0.213. The molecule has 0 amide bonds. The second-order valence-electron chi connectivity index (χ2n) is 9.45. The molecule has 1 heterocycles. The van der Waals surface area contributed by atoms with E-state index in [2.05, 4.69) is 105 Å². The van der Waals surface area contributed by atoms with E-state index in [-0.39, 0.29) is 9.03 Å². The van der Waals surface area contributed by atoms with Crippen molar-refractivity contribution in [2.45, 2.75) is 27.7 Å². The first-order chi connectivity index (χ1) is 19.0. The molecule has 0 spiro atoms. The highest BCUT2D eigenvalue weighted by Crippen LogP contribution is 2.47. The number of benzene rings is 4. The lowest BCUT2D eigenvalue weighted by Crippen LogP contribution is -2.16. The number of aromatic nitrogens is 1. The highest BCUT2D eigenvalue weighted by atomic mass is 31.1. The summed E-state index contributed by atoms with van der Waals surface area (Å²) in [5.74, 6) is 2.33. The number of pyridine rings is 1. The molecule has 4 aromatic carbocycles. The molecular formula is C33H31NO3P2. The number of hydrogen-bond donors (Lipinski definition) is 0. The van der Waals surface area contributed by atoms with Gasteiger partial charge in [0, 0.05) is 27.9 Å². The first kappa shape index (κ1) is 26.9. The molecule has 6 heteroatoms. The average molecular weight is 552 g/mol. The molecule has 0 radical (unpaired) electrons. The molecule has 4 nitrogen and oxygen atoms in total. The van der Waals surface area contributed by atoms with Gasteiger partial charge < -0.3 is 13.6 Å². The minimum Gasteiger partial charge on any atom is -0.464 e. The van der Waals surface area contributed by atoms with Gasteiger partial charge in [0.15, 0.2) is 8.15 Å². The molecule has 5 rings (SSSR count). The van der Waals surface area contributed by atoms with Gasteiger partial charge in [0.1, 0.15) is 17.2 Å². The number of aryl methyl sites for hydroxylation is 4. The van der Waals surface area contributed by atoms with E-state index in [1.807, 2.05) is 24.3 Å². The van der Waals surface area contributed by atoms with Crippen molar-refractivity contribution in [3.63, 3.8) is 0 Å². The third-order valence-electron chi connectivity index (χ3n) is 6.23. The third-order valence-corrected chi connectivity index (χ3v) is 8.74. The predicted molar refractivity (Wildman–Crippen MR) is 164 cm³/mol. The van der Waals surface area contributed by atoms with Crippen molar-refractivity contribution in [1.29, 1.82) is 0 Å². The Balaban J connectivity index is 1.58. The Labute approximate surface area is 233 Å². The van der Waals surface area contributed by atoms with Gasteiger partial charge in [-0.3, -0.25) is 4.98 Å². The highest BCUT2D eigenvalue weighted by Gasteiger charge is 2.23. The van der Waals surface area contributed by atoms with E-state index in [1.54, 1.807) is 12.4 Å². The van der Waals surface area contributed by atoms with Crippen LogP contribution in [0, 0.1) is 27.7 Å². The van der Waals surface area contributed by atoms with Gasteiger partial charge in [-0.1, -0.05) is 72.8 Å². The molecule has 39 heavy (non-hydrogen) atoms. The lowest BCUT2D eigenvalue weighted by molar-refractivity contribution is 0.513. The minimum atomic E-state index is -1.10. The quantitative estimate of drug-likeness (QED) is 0.173. The molecule has 0 aliphatic heterocycles. The van der Waals surface area contributed by atoms with Crippen molar-refractivity contribution in [1.82, 2.24) is 4.98 Å². The molecule has 0 saturated carbocycles. The molecule has 0 bridgehead atoms. The van der Waals surface area contributed by atoms with Crippen molar-refractivity contribution in [2.24, 2.45) is 0 Å². The Morgan fingerprint density at radius 1 is 0.615 bits per heavy atom. The van der Waals surface area contributed by atoms with Crippen LogP contribution in [0.25, 0.3) is 11.1 Å². The molecule has 0 saturated heterocycles. The molecule has 1 aromatic heterocycles. The van der Waals surface area contributed by atoms with Crippen molar-refractivity contribution in [3.8, 4) is 28.4 Å². The maximum atomic E-state index is 7.04. The van der Waals surface area contributed by atoms with Crippen LogP contribution in [-0.2, 0) is 0 Å². The number of nitrogens with zero attached hydrogens (tertiary/aromatic N) is 1. The maximum absolute atomic E-state index is 7.04. The van der Waals surface area contributed by atoms with E-state index in [0.29, 0.717) is 5.75 Å². The fourth-order valence-electron chi connectivity index (χ4n) is 4.56. The van der Waals surface area contributed by atoms with Crippen LogP contribution >= 0.6 is 17.2 Å². The van der Waals surface area contributed by atoms with Gasteiger partial charge >= 0.3 is 0 Å². The van der Waals surface area contributed by atoms with Crippen LogP contribution < -0.4 is 24.2 Å². The number of rotatable bonds is 9. The summed E-state index contributed by atoms with van der Waals surface area (Å²) in [6.07, 6.45) is 3.41. The topological polar surface area (TPSA) is 40.6 Å². The molecule has 196 valence electrons. The summed E-state index contributed by atoms with van der Waals surface area (Å²) < 4.78 is 19.2. The first-order valence-electron chi connectivity index (χ1n) is 12.8. The summed E-state index contributed by atoms with van der Waals surface area (Å²) >= 11 is 0. The monoisotopic (exact) mass is 551 g/mol. The zero-order valence-electron chi connectivity index (χ0n) is 22.5. The molecule has 0 aliphatic carbocycles. The normalized spacial score (nSPS) is 11.2. The van der Waals surface area contributed by atoms with E-state index in [0.717, 1.165) is 55.5 Å². The summed E-state index contributed by atoms with van der Waals surface area (Å²) in [6, 6.07) is 33.3. The van der Waals surface area contributed by atoms with E-state index >= 15 is 0 Å². The van der Waals surface area contributed by atoms with E-state index in [4.69, 9.17) is 13.6 Å². The molecule has 1 unspecified atom stereocenters. The fraction of sp³-hybridized carbons (Fsp3) is 0.121. The Morgan fingerprint density at radius 3 is 1.74 bits per heavy atom. The standard InChI is InChI=1S/C33H31NO3P2/c1-23-18-25(3)32(36-38-35-27-12-11-17-34-22-27)30(20-23)31-21-24(2)19-26(4)33(31)37-39(28-13-7-5-8-14-28)29-15-9-6-10-16-29/h5-22,38H,1-4H3. The second-order valence-corrected chi connectivity index (χ2v) is 11.8. The summed E-state index contributed by atoms with van der Waals surface area (Å²) in [4.78, 5) is 4.12. The Hall–Kier alpha value is -3.71. The molecule has 0 N–H and O–H groups in total. The highest BCUT2D eigenvalue weighted by molar-refractivity contribution is 7.68. The van der Waals surface area contributed by atoms with E-state index in [9.17, 15) is 0 Å². The van der Waals surface area contributed by atoms with Crippen LogP contribution in [-0.4, -0.2) is 4.98 Å². The van der Waals surface area contributed by atoms with Gasteiger partial charge in [-0.15, -0.1) is 0 Å². The van der Waals surface area contributed by atoms with Crippen LogP contribution in [0.2, 0.25) is 0 Å². The fourth-order valence-corrected chi connectivity index (χ4v) is 6.99. The van der Waals surface area contributed by atoms with Crippen LogP contribution in [0.15, 0.2) is 109 Å². The largest absolute Gasteiger partial charge is 0.464 e. The molecule has 5 aromatic rings.